The molecule has 1 heterocycles. The number of nitrogens with zero attached hydrogens (tertiary/aromatic N) is 1. The third-order valence-electron chi connectivity index (χ3n) is 4.64. The van der Waals surface area contributed by atoms with Gasteiger partial charge in [0.2, 0.25) is 0 Å². The van der Waals surface area contributed by atoms with Gasteiger partial charge in [-0.25, -0.2) is 0 Å². The van der Waals surface area contributed by atoms with E-state index in [9.17, 15) is 0 Å². The standard InChI is InChI=1S/C19H31N3O3S.HI/c1-19(8-6-10-26-19)13-22-18(20-2)21-9-7-15-16(24-4)11-14(23-3)12-17(15)25-5;/h11-12H,6-10,13H2,1-5H3,(H2,20,21,22);1H. The second kappa shape index (κ2) is 11.7. The average Bonchev–Trinajstić information content (AvgIpc) is 3.10. The fraction of sp³-hybridized carbons (Fsp3) is 0.632. The maximum atomic E-state index is 5.51. The molecule has 1 aliphatic rings. The van der Waals surface area contributed by atoms with E-state index >= 15 is 0 Å². The van der Waals surface area contributed by atoms with E-state index in [1.807, 2.05) is 23.9 Å². The van der Waals surface area contributed by atoms with Crippen molar-refractivity contribution in [1.82, 2.24) is 10.6 Å². The Morgan fingerprint density at radius 2 is 1.81 bits per heavy atom. The highest BCUT2D eigenvalue weighted by atomic mass is 127. The van der Waals surface area contributed by atoms with Gasteiger partial charge in [0.25, 0.3) is 0 Å². The first-order valence-corrected chi connectivity index (χ1v) is 9.91. The molecule has 1 aromatic carbocycles. The summed E-state index contributed by atoms with van der Waals surface area (Å²) in [6, 6.07) is 3.76. The maximum absolute atomic E-state index is 5.51. The second-order valence-corrected chi connectivity index (χ2v) is 8.20. The maximum Gasteiger partial charge on any atom is 0.191 e. The Morgan fingerprint density at radius 3 is 2.30 bits per heavy atom. The van der Waals surface area contributed by atoms with Crippen LogP contribution in [0, 0.1) is 0 Å². The van der Waals surface area contributed by atoms with E-state index in [1.165, 1.54) is 18.6 Å². The number of halogens is 1. The first-order valence-electron chi connectivity index (χ1n) is 8.92. The molecule has 2 N–H and O–H groups in total. The van der Waals surface area contributed by atoms with Crippen LogP contribution < -0.4 is 24.8 Å². The number of hydrogen-bond donors (Lipinski definition) is 2. The zero-order chi connectivity index (χ0) is 19.0. The van der Waals surface area contributed by atoms with Gasteiger partial charge < -0.3 is 24.8 Å². The molecule has 1 aliphatic heterocycles. The summed E-state index contributed by atoms with van der Waals surface area (Å²) in [5, 5.41) is 6.83. The Kier molecular flexibility index (Phi) is 10.4. The van der Waals surface area contributed by atoms with Gasteiger partial charge in [-0.15, -0.1) is 24.0 Å². The van der Waals surface area contributed by atoms with Gasteiger partial charge in [-0.3, -0.25) is 4.99 Å². The van der Waals surface area contributed by atoms with Crippen molar-refractivity contribution >= 4 is 41.7 Å². The van der Waals surface area contributed by atoms with Crippen molar-refractivity contribution in [2.24, 2.45) is 4.99 Å². The van der Waals surface area contributed by atoms with Crippen molar-refractivity contribution in [3.05, 3.63) is 17.7 Å². The summed E-state index contributed by atoms with van der Waals surface area (Å²) in [6.07, 6.45) is 3.30. The summed E-state index contributed by atoms with van der Waals surface area (Å²) in [6.45, 7) is 3.97. The van der Waals surface area contributed by atoms with Crippen LogP contribution in [0.1, 0.15) is 25.3 Å². The predicted octanol–water partition coefficient (Wildman–Crippen LogP) is 3.32. The molecule has 154 valence electrons. The molecule has 27 heavy (non-hydrogen) atoms. The van der Waals surface area contributed by atoms with Gasteiger partial charge in [-0.05, 0) is 31.9 Å². The highest BCUT2D eigenvalue weighted by molar-refractivity contribution is 14.0. The van der Waals surface area contributed by atoms with Gasteiger partial charge in [0.05, 0.1) is 21.3 Å². The number of rotatable bonds is 8. The number of ether oxygens (including phenoxy) is 3. The fourth-order valence-corrected chi connectivity index (χ4v) is 4.34. The van der Waals surface area contributed by atoms with Gasteiger partial charge in [0.15, 0.2) is 5.96 Å². The van der Waals surface area contributed by atoms with Crippen molar-refractivity contribution in [3.8, 4) is 17.2 Å². The van der Waals surface area contributed by atoms with Crippen LogP contribution in [0.15, 0.2) is 17.1 Å². The minimum Gasteiger partial charge on any atom is -0.496 e. The zero-order valence-corrected chi connectivity index (χ0v) is 20.0. The smallest absolute Gasteiger partial charge is 0.191 e. The molecule has 1 unspecified atom stereocenters. The van der Waals surface area contributed by atoms with E-state index in [1.54, 1.807) is 28.4 Å². The minimum atomic E-state index is 0. The predicted molar refractivity (Wildman–Crippen MR) is 125 cm³/mol. The van der Waals surface area contributed by atoms with Gasteiger partial charge in [-0.1, -0.05) is 0 Å². The molecule has 1 aromatic rings. The molecule has 0 radical (unpaired) electrons. The van der Waals surface area contributed by atoms with E-state index < -0.39 is 0 Å². The summed E-state index contributed by atoms with van der Waals surface area (Å²) in [5.41, 5.74) is 1.01. The van der Waals surface area contributed by atoms with Gasteiger partial charge in [-0.2, -0.15) is 11.8 Å². The SMILES string of the molecule is CN=C(NCCc1c(OC)cc(OC)cc1OC)NCC1(C)CCCS1.I. The van der Waals surface area contributed by atoms with E-state index in [-0.39, 0.29) is 24.0 Å². The minimum absolute atomic E-state index is 0. The molecule has 0 spiro atoms. The molecule has 6 nitrogen and oxygen atoms in total. The lowest BCUT2D eigenvalue weighted by Gasteiger charge is -2.24. The van der Waals surface area contributed by atoms with Crippen LogP contribution in [-0.2, 0) is 6.42 Å². The monoisotopic (exact) mass is 509 g/mol. The highest BCUT2D eigenvalue weighted by Crippen LogP contribution is 2.37. The first-order chi connectivity index (χ1) is 12.5. The fourth-order valence-electron chi connectivity index (χ4n) is 3.10. The number of methoxy groups -OCH3 is 3. The Bertz CT molecular complexity index is 597. The molecule has 0 aliphatic carbocycles. The zero-order valence-electron chi connectivity index (χ0n) is 16.9. The molecule has 1 saturated heterocycles. The molecule has 1 fully saturated rings. The summed E-state index contributed by atoms with van der Waals surface area (Å²) in [4.78, 5) is 4.33. The average molecular weight is 509 g/mol. The molecule has 0 saturated carbocycles. The van der Waals surface area contributed by atoms with Crippen molar-refractivity contribution < 1.29 is 14.2 Å². The topological polar surface area (TPSA) is 64.1 Å². The number of nitrogens with one attached hydrogen (secondary N) is 2. The molecule has 0 aromatic heterocycles. The Balaban J connectivity index is 0.00000364. The lowest BCUT2D eigenvalue weighted by atomic mass is 10.1. The third kappa shape index (κ3) is 6.81. The second-order valence-electron chi connectivity index (χ2n) is 6.51. The van der Waals surface area contributed by atoms with E-state index in [2.05, 4.69) is 22.5 Å². The van der Waals surface area contributed by atoms with Gasteiger partial charge in [0, 0.05) is 42.6 Å². The number of guanidine groups is 1. The van der Waals surface area contributed by atoms with E-state index in [4.69, 9.17) is 14.2 Å². The molecule has 0 bridgehead atoms. The molecule has 1 atom stereocenters. The third-order valence-corrected chi connectivity index (χ3v) is 6.18. The van der Waals surface area contributed by atoms with Crippen molar-refractivity contribution in [2.45, 2.75) is 30.9 Å². The molecular formula is C19H32IN3O3S. The van der Waals surface area contributed by atoms with Crippen LogP contribution in [0.2, 0.25) is 0 Å². The molecule has 8 heteroatoms. The molecule has 2 rings (SSSR count). The van der Waals surface area contributed by atoms with Crippen molar-refractivity contribution in [3.63, 3.8) is 0 Å². The first kappa shape index (κ1) is 24.0. The van der Waals surface area contributed by atoms with Crippen LogP contribution in [0.5, 0.6) is 17.2 Å². The van der Waals surface area contributed by atoms with E-state index in [0.717, 1.165) is 48.3 Å². The largest absolute Gasteiger partial charge is 0.496 e. The van der Waals surface area contributed by atoms with Crippen LogP contribution in [-0.4, -0.2) is 57.9 Å². The number of benzene rings is 1. The number of hydrogen-bond acceptors (Lipinski definition) is 5. The quantitative estimate of drug-likeness (QED) is 0.319. The number of aliphatic imine (C=N–C) groups is 1. The summed E-state index contributed by atoms with van der Waals surface area (Å²) < 4.78 is 16.6. The van der Waals surface area contributed by atoms with Crippen molar-refractivity contribution in [2.75, 3.05) is 47.2 Å². The van der Waals surface area contributed by atoms with Gasteiger partial charge >= 0.3 is 0 Å². The normalized spacial score (nSPS) is 19.2. The van der Waals surface area contributed by atoms with E-state index in [0.29, 0.717) is 4.75 Å². The molecular weight excluding hydrogens is 477 g/mol. The Hall–Kier alpha value is -1.03. The number of thioether (sulfide) groups is 1. The Morgan fingerprint density at radius 1 is 1.15 bits per heavy atom. The van der Waals surface area contributed by atoms with Crippen LogP contribution in [0.3, 0.4) is 0 Å². The van der Waals surface area contributed by atoms with Crippen LogP contribution in [0.4, 0.5) is 0 Å². The van der Waals surface area contributed by atoms with Crippen LogP contribution in [0.25, 0.3) is 0 Å². The Labute approximate surface area is 184 Å². The summed E-state index contributed by atoms with van der Waals surface area (Å²) >= 11 is 2.04. The summed E-state index contributed by atoms with van der Waals surface area (Å²) in [7, 11) is 6.75. The van der Waals surface area contributed by atoms with Crippen LogP contribution >= 0.6 is 35.7 Å². The highest BCUT2D eigenvalue weighted by Gasteiger charge is 2.29. The lowest BCUT2D eigenvalue weighted by molar-refractivity contribution is 0.368. The summed E-state index contributed by atoms with van der Waals surface area (Å²) in [5.74, 6) is 4.32. The van der Waals surface area contributed by atoms with Crippen molar-refractivity contribution in [1.29, 1.82) is 0 Å². The lowest BCUT2D eigenvalue weighted by Crippen LogP contribution is -2.44. The van der Waals surface area contributed by atoms with Gasteiger partial charge in [0.1, 0.15) is 17.2 Å². The molecule has 0 amide bonds.